The lowest BCUT2D eigenvalue weighted by atomic mass is 10.0. The van der Waals surface area contributed by atoms with E-state index in [4.69, 9.17) is 0 Å². The first-order chi connectivity index (χ1) is 16.8. The van der Waals surface area contributed by atoms with Crippen molar-refractivity contribution >= 4 is 12.2 Å². The summed E-state index contributed by atoms with van der Waals surface area (Å²) in [5.41, 5.74) is 4.96. The zero-order valence-corrected chi connectivity index (χ0v) is 21.5. The molecule has 0 heteroatoms. The third-order valence-electron chi connectivity index (χ3n) is 5.89. The maximum Gasteiger partial charge on any atom is -0.0184 e. The van der Waals surface area contributed by atoms with Gasteiger partial charge in [0.15, 0.2) is 0 Å². The summed E-state index contributed by atoms with van der Waals surface area (Å²) in [6, 6.07) is 21.1. The van der Waals surface area contributed by atoms with Crippen molar-refractivity contribution in [1.82, 2.24) is 0 Å². The van der Waals surface area contributed by atoms with Crippen LogP contribution in [-0.4, -0.2) is 0 Å². The fourth-order valence-electron chi connectivity index (χ4n) is 3.79. The summed E-state index contributed by atoms with van der Waals surface area (Å²) < 4.78 is 0. The van der Waals surface area contributed by atoms with Crippen molar-refractivity contribution in [2.75, 3.05) is 0 Å². The van der Waals surface area contributed by atoms with E-state index in [-0.39, 0.29) is 0 Å². The highest BCUT2D eigenvalue weighted by atomic mass is 14.0. The Morgan fingerprint density at radius 1 is 0.500 bits per heavy atom. The van der Waals surface area contributed by atoms with E-state index >= 15 is 0 Å². The number of hydrogen-bond acceptors (Lipinski definition) is 0. The minimum Gasteiger partial charge on any atom is -0.0839 e. The van der Waals surface area contributed by atoms with E-state index in [1.165, 1.54) is 73.6 Å². The van der Waals surface area contributed by atoms with Crippen LogP contribution in [0.15, 0.2) is 108 Å². The molecule has 0 aliphatic carbocycles. The number of benzene rings is 2. The second-order valence-electron chi connectivity index (χ2n) is 8.90. The molecule has 2 aromatic carbocycles. The van der Waals surface area contributed by atoms with Gasteiger partial charge in [0.25, 0.3) is 0 Å². The highest BCUT2D eigenvalue weighted by Crippen LogP contribution is 2.18. The standard InChI is InChI=1S/C34H44/c1-3-5-7-9-11-19-25-33(26-20-12-10-8-6-4-2)34(29-27-31-21-15-13-16-22-31)30-28-32-23-17-14-18-24-32/h13-30H,3-12H2,1-2H3/b25-19+,26-20+,29-27+,30-28+. The number of allylic oxidation sites excluding steroid dienone is 8. The second-order valence-corrected chi connectivity index (χ2v) is 8.90. The summed E-state index contributed by atoms with van der Waals surface area (Å²) in [5.74, 6) is 0. The fourth-order valence-corrected chi connectivity index (χ4v) is 3.79. The topological polar surface area (TPSA) is 0 Å². The lowest BCUT2D eigenvalue weighted by molar-refractivity contribution is 0.674. The zero-order valence-electron chi connectivity index (χ0n) is 21.5. The third kappa shape index (κ3) is 12.4. The van der Waals surface area contributed by atoms with Gasteiger partial charge in [0.2, 0.25) is 0 Å². The second kappa shape index (κ2) is 18.6. The van der Waals surface area contributed by atoms with Crippen molar-refractivity contribution in [3.8, 4) is 0 Å². The maximum atomic E-state index is 2.36. The summed E-state index contributed by atoms with van der Waals surface area (Å²) in [5, 5.41) is 0. The average molecular weight is 453 g/mol. The molecule has 0 saturated carbocycles. The van der Waals surface area contributed by atoms with Gasteiger partial charge in [-0.05, 0) is 48.0 Å². The minimum atomic E-state index is 1.14. The molecule has 0 heterocycles. The predicted octanol–water partition coefficient (Wildman–Crippen LogP) is 10.8. The van der Waals surface area contributed by atoms with Gasteiger partial charge in [0.05, 0.1) is 0 Å². The van der Waals surface area contributed by atoms with E-state index in [9.17, 15) is 0 Å². The number of unbranched alkanes of at least 4 members (excludes halogenated alkanes) is 8. The van der Waals surface area contributed by atoms with Crippen LogP contribution in [0.3, 0.4) is 0 Å². The van der Waals surface area contributed by atoms with Crippen LogP contribution in [0.25, 0.3) is 12.2 Å². The maximum absolute atomic E-state index is 2.36. The molecule has 0 nitrogen and oxygen atoms in total. The quantitative estimate of drug-likeness (QED) is 0.175. The van der Waals surface area contributed by atoms with Crippen molar-refractivity contribution < 1.29 is 0 Å². The SMILES string of the molecule is CCCCCC/C=C/C(/C=C/CCCCCC)=C(/C=C/c1ccccc1)/C=C/c1ccccc1. The van der Waals surface area contributed by atoms with Gasteiger partial charge in [-0.2, -0.15) is 0 Å². The first-order valence-electron chi connectivity index (χ1n) is 13.4. The van der Waals surface area contributed by atoms with Crippen molar-refractivity contribution in [3.05, 3.63) is 119 Å². The van der Waals surface area contributed by atoms with E-state index in [0.717, 1.165) is 12.8 Å². The Labute approximate surface area is 209 Å². The fraction of sp³-hybridized carbons (Fsp3) is 0.353. The highest BCUT2D eigenvalue weighted by Gasteiger charge is 1.98. The molecular weight excluding hydrogens is 408 g/mol. The molecule has 2 rings (SSSR count). The molecule has 0 saturated heterocycles. The normalized spacial score (nSPS) is 11.9. The van der Waals surface area contributed by atoms with Crippen molar-refractivity contribution in [1.29, 1.82) is 0 Å². The van der Waals surface area contributed by atoms with Crippen LogP contribution in [0.4, 0.5) is 0 Å². The molecule has 0 aliphatic heterocycles. The largest absolute Gasteiger partial charge is 0.0839 e. The molecule has 180 valence electrons. The smallest absolute Gasteiger partial charge is 0.0184 e. The van der Waals surface area contributed by atoms with Crippen LogP contribution < -0.4 is 0 Å². The monoisotopic (exact) mass is 452 g/mol. The van der Waals surface area contributed by atoms with Gasteiger partial charge in [-0.1, -0.05) is 162 Å². The number of rotatable bonds is 16. The van der Waals surface area contributed by atoms with Gasteiger partial charge < -0.3 is 0 Å². The summed E-state index contributed by atoms with van der Waals surface area (Å²) in [4.78, 5) is 0. The molecule has 0 aromatic heterocycles. The first-order valence-corrected chi connectivity index (χ1v) is 13.4. The molecular formula is C34H44. The van der Waals surface area contributed by atoms with Crippen LogP contribution in [0.1, 0.15) is 89.2 Å². The Hall–Kier alpha value is -2.86. The Morgan fingerprint density at radius 3 is 1.32 bits per heavy atom. The molecule has 0 amide bonds. The average Bonchev–Trinajstić information content (AvgIpc) is 2.88. The van der Waals surface area contributed by atoms with E-state index < -0.39 is 0 Å². The van der Waals surface area contributed by atoms with Gasteiger partial charge in [-0.3, -0.25) is 0 Å². The molecule has 34 heavy (non-hydrogen) atoms. The van der Waals surface area contributed by atoms with Crippen LogP contribution in [0.2, 0.25) is 0 Å². The van der Waals surface area contributed by atoms with Crippen LogP contribution in [0, 0.1) is 0 Å². The lowest BCUT2D eigenvalue weighted by Gasteiger charge is -2.04. The van der Waals surface area contributed by atoms with E-state index in [1.807, 2.05) is 0 Å². The third-order valence-corrected chi connectivity index (χ3v) is 5.89. The lowest BCUT2D eigenvalue weighted by Crippen LogP contribution is -1.84. The van der Waals surface area contributed by atoms with E-state index in [2.05, 4.69) is 123 Å². The Bertz CT molecular complexity index is 832. The molecule has 0 radical (unpaired) electrons. The molecule has 2 aromatic rings. The van der Waals surface area contributed by atoms with Gasteiger partial charge in [-0.25, -0.2) is 0 Å². The van der Waals surface area contributed by atoms with Crippen molar-refractivity contribution in [3.63, 3.8) is 0 Å². The Morgan fingerprint density at radius 2 is 0.912 bits per heavy atom. The van der Waals surface area contributed by atoms with Gasteiger partial charge in [-0.15, -0.1) is 0 Å². The first kappa shape index (κ1) is 27.4. The predicted molar refractivity (Wildman–Crippen MR) is 154 cm³/mol. The Kier molecular flexibility index (Phi) is 14.9. The summed E-state index contributed by atoms with van der Waals surface area (Å²) >= 11 is 0. The van der Waals surface area contributed by atoms with E-state index in [1.54, 1.807) is 0 Å². The summed E-state index contributed by atoms with van der Waals surface area (Å²) in [6.45, 7) is 4.54. The molecule has 0 N–H and O–H groups in total. The van der Waals surface area contributed by atoms with Gasteiger partial charge in [0.1, 0.15) is 0 Å². The molecule has 0 bridgehead atoms. The van der Waals surface area contributed by atoms with Crippen LogP contribution in [-0.2, 0) is 0 Å². The van der Waals surface area contributed by atoms with Crippen LogP contribution in [0.5, 0.6) is 0 Å². The zero-order chi connectivity index (χ0) is 24.1. The molecule has 0 aliphatic rings. The highest BCUT2D eigenvalue weighted by molar-refractivity contribution is 5.63. The van der Waals surface area contributed by atoms with Gasteiger partial charge >= 0.3 is 0 Å². The molecule has 0 fully saturated rings. The van der Waals surface area contributed by atoms with Crippen molar-refractivity contribution in [2.24, 2.45) is 0 Å². The van der Waals surface area contributed by atoms with Gasteiger partial charge in [0, 0.05) is 0 Å². The summed E-state index contributed by atoms with van der Waals surface area (Å²) in [6.07, 6.45) is 31.0. The molecule has 0 spiro atoms. The Balaban J connectivity index is 2.30. The van der Waals surface area contributed by atoms with E-state index in [0.29, 0.717) is 0 Å². The van der Waals surface area contributed by atoms with Crippen molar-refractivity contribution in [2.45, 2.75) is 78.1 Å². The molecule has 0 atom stereocenters. The minimum absolute atomic E-state index is 1.14. The van der Waals surface area contributed by atoms with Crippen LogP contribution >= 0.6 is 0 Å². The molecule has 0 unspecified atom stereocenters. The summed E-state index contributed by atoms with van der Waals surface area (Å²) in [7, 11) is 0. The number of hydrogen-bond donors (Lipinski definition) is 0.